The van der Waals surface area contributed by atoms with Gasteiger partial charge in [0.15, 0.2) is 0 Å². The van der Waals surface area contributed by atoms with Crippen molar-refractivity contribution in [2.45, 2.75) is 18.9 Å². The van der Waals surface area contributed by atoms with Crippen molar-refractivity contribution < 1.29 is 19.4 Å². The number of aliphatic carboxylic acids is 1. The Balaban J connectivity index is 2.63. The molecule has 19 heavy (non-hydrogen) atoms. The van der Waals surface area contributed by atoms with Gasteiger partial charge in [-0.15, -0.1) is 0 Å². The van der Waals surface area contributed by atoms with Crippen LogP contribution in [0.4, 0.5) is 5.69 Å². The van der Waals surface area contributed by atoms with Gasteiger partial charge in [0.25, 0.3) is 0 Å². The lowest BCUT2D eigenvalue weighted by atomic mass is 10.1. The van der Waals surface area contributed by atoms with E-state index in [0.717, 1.165) is 0 Å². The van der Waals surface area contributed by atoms with Crippen molar-refractivity contribution in [3.05, 3.63) is 29.8 Å². The molecule has 0 bridgehead atoms. The summed E-state index contributed by atoms with van der Waals surface area (Å²) in [7, 11) is 1.58. The summed E-state index contributed by atoms with van der Waals surface area (Å²) in [5.74, 6) is -1.43. The number of hydrogen-bond donors (Lipinski definition) is 3. The molecule has 6 heteroatoms. The monoisotopic (exact) mass is 266 g/mol. The molecule has 6 nitrogen and oxygen atoms in total. The Labute approximate surface area is 111 Å². The summed E-state index contributed by atoms with van der Waals surface area (Å²) >= 11 is 0. The van der Waals surface area contributed by atoms with Crippen LogP contribution in [0, 0.1) is 0 Å². The van der Waals surface area contributed by atoms with Crippen LogP contribution in [0.1, 0.15) is 23.2 Å². The summed E-state index contributed by atoms with van der Waals surface area (Å²) in [5, 5.41) is 12.0. The second-order valence-electron chi connectivity index (χ2n) is 4.11. The van der Waals surface area contributed by atoms with Gasteiger partial charge in [-0.2, -0.15) is 0 Å². The van der Waals surface area contributed by atoms with Crippen molar-refractivity contribution in [1.29, 1.82) is 0 Å². The van der Waals surface area contributed by atoms with E-state index in [1.807, 2.05) is 0 Å². The van der Waals surface area contributed by atoms with Crippen LogP contribution in [0.2, 0.25) is 0 Å². The van der Waals surface area contributed by atoms with E-state index < -0.39 is 17.9 Å². The number of nitrogens with two attached hydrogens (primary N) is 1. The first kappa shape index (κ1) is 15.0. The van der Waals surface area contributed by atoms with Gasteiger partial charge in [0, 0.05) is 25.0 Å². The van der Waals surface area contributed by atoms with E-state index in [0.29, 0.717) is 30.7 Å². The van der Waals surface area contributed by atoms with Gasteiger partial charge in [-0.1, -0.05) is 0 Å². The Morgan fingerprint density at radius 2 is 2.00 bits per heavy atom. The maximum Gasteiger partial charge on any atom is 0.326 e. The molecule has 0 saturated carbocycles. The molecule has 0 aliphatic carbocycles. The van der Waals surface area contributed by atoms with Crippen LogP contribution in [0.25, 0.3) is 0 Å². The molecule has 0 spiro atoms. The van der Waals surface area contributed by atoms with Crippen molar-refractivity contribution in [3.63, 3.8) is 0 Å². The van der Waals surface area contributed by atoms with Gasteiger partial charge in [-0.25, -0.2) is 4.79 Å². The number of ether oxygens (including phenoxy) is 1. The molecule has 1 aromatic rings. The average molecular weight is 266 g/mol. The smallest absolute Gasteiger partial charge is 0.326 e. The minimum Gasteiger partial charge on any atom is -0.480 e. The molecule has 0 saturated heterocycles. The zero-order chi connectivity index (χ0) is 14.3. The number of carbonyl (C=O) groups excluding carboxylic acids is 1. The number of hydrogen-bond acceptors (Lipinski definition) is 4. The first-order valence-electron chi connectivity index (χ1n) is 5.92. The molecule has 4 N–H and O–H groups in total. The minimum absolute atomic E-state index is 0.386. The Bertz CT molecular complexity index is 431. The molecular weight excluding hydrogens is 248 g/mol. The maximum absolute atomic E-state index is 11.1. The van der Waals surface area contributed by atoms with Crippen LogP contribution in [-0.4, -0.2) is 36.7 Å². The lowest BCUT2D eigenvalue weighted by molar-refractivity contribution is -0.138. The van der Waals surface area contributed by atoms with Gasteiger partial charge in [-0.3, -0.25) is 4.79 Å². The first-order valence-corrected chi connectivity index (χ1v) is 5.92. The molecule has 1 aromatic carbocycles. The van der Waals surface area contributed by atoms with Crippen molar-refractivity contribution in [2.75, 3.05) is 19.0 Å². The normalized spacial score (nSPS) is 11.8. The number of carbonyl (C=O) groups is 2. The largest absolute Gasteiger partial charge is 0.480 e. The number of rotatable bonds is 8. The van der Waals surface area contributed by atoms with Gasteiger partial charge in [0.1, 0.15) is 6.04 Å². The van der Waals surface area contributed by atoms with Gasteiger partial charge >= 0.3 is 5.97 Å². The quantitative estimate of drug-likeness (QED) is 0.611. The predicted molar refractivity (Wildman–Crippen MR) is 71.1 cm³/mol. The molecule has 1 amide bonds. The average Bonchev–Trinajstić information content (AvgIpc) is 2.38. The highest BCUT2D eigenvalue weighted by atomic mass is 16.5. The Morgan fingerprint density at radius 3 is 2.47 bits per heavy atom. The predicted octanol–water partition coefficient (Wildman–Crippen LogP) is 1.08. The van der Waals surface area contributed by atoms with E-state index in [-0.39, 0.29) is 0 Å². The number of nitrogens with one attached hydrogen (secondary N) is 1. The highest BCUT2D eigenvalue weighted by molar-refractivity contribution is 5.93. The molecule has 0 aliphatic heterocycles. The second-order valence-corrected chi connectivity index (χ2v) is 4.11. The van der Waals surface area contributed by atoms with E-state index in [1.54, 1.807) is 31.4 Å². The second kappa shape index (κ2) is 7.38. The van der Waals surface area contributed by atoms with E-state index in [4.69, 9.17) is 15.6 Å². The number of carboxylic acids is 1. The third kappa shape index (κ3) is 4.97. The number of methoxy groups -OCH3 is 1. The van der Waals surface area contributed by atoms with Crippen LogP contribution >= 0.6 is 0 Å². The standard InChI is InChI=1S/C13H18N2O4/c1-19-8-2-3-11(13(17)18)15-10-6-4-9(5-7-10)12(14)16/h4-7,11,15H,2-3,8H2,1H3,(H2,14,16)(H,17,18). The van der Waals surface area contributed by atoms with Crippen molar-refractivity contribution in [3.8, 4) is 0 Å². The zero-order valence-corrected chi connectivity index (χ0v) is 10.8. The van der Waals surface area contributed by atoms with Crippen LogP contribution in [0.5, 0.6) is 0 Å². The summed E-state index contributed by atoms with van der Waals surface area (Å²) < 4.78 is 4.89. The molecule has 1 unspecified atom stereocenters. The number of amides is 1. The zero-order valence-electron chi connectivity index (χ0n) is 10.8. The van der Waals surface area contributed by atoms with Gasteiger partial charge < -0.3 is 20.9 Å². The highest BCUT2D eigenvalue weighted by Crippen LogP contribution is 2.12. The fourth-order valence-corrected chi connectivity index (χ4v) is 1.62. The molecule has 1 atom stereocenters. The Hall–Kier alpha value is -2.08. The fourth-order valence-electron chi connectivity index (χ4n) is 1.62. The molecule has 0 fully saturated rings. The van der Waals surface area contributed by atoms with Gasteiger partial charge in [0.2, 0.25) is 5.91 Å². The molecule has 0 aromatic heterocycles. The molecular formula is C13H18N2O4. The van der Waals surface area contributed by atoms with Crippen molar-refractivity contribution in [1.82, 2.24) is 0 Å². The number of primary amides is 1. The van der Waals surface area contributed by atoms with Gasteiger partial charge in [0.05, 0.1) is 0 Å². The first-order chi connectivity index (χ1) is 9.04. The van der Waals surface area contributed by atoms with Gasteiger partial charge in [-0.05, 0) is 37.1 Å². The van der Waals surface area contributed by atoms with Crippen LogP contribution < -0.4 is 11.1 Å². The van der Waals surface area contributed by atoms with Crippen LogP contribution in [-0.2, 0) is 9.53 Å². The number of benzene rings is 1. The SMILES string of the molecule is COCCCC(Nc1ccc(C(N)=O)cc1)C(=O)O. The summed E-state index contributed by atoms with van der Waals surface area (Å²) in [6.07, 6.45) is 1.11. The van der Waals surface area contributed by atoms with Crippen LogP contribution in [0.15, 0.2) is 24.3 Å². The van der Waals surface area contributed by atoms with E-state index >= 15 is 0 Å². The molecule has 0 radical (unpaired) electrons. The topological polar surface area (TPSA) is 102 Å². The Morgan fingerprint density at radius 1 is 1.37 bits per heavy atom. The maximum atomic E-state index is 11.1. The summed E-state index contributed by atoms with van der Waals surface area (Å²) in [6.45, 7) is 0.520. The van der Waals surface area contributed by atoms with E-state index in [2.05, 4.69) is 5.32 Å². The van der Waals surface area contributed by atoms with E-state index in [1.165, 1.54) is 0 Å². The fraction of sp³-hybridized carbons (Fsp3) is 0.385. The third-order valence-electron chi connectivity index (χ3n) is 2.65. The number of anilines is 1. The Kier molecular flexibility index (Phi) is 5.81. The lowest BCUT2D eigenvalue weighted by Crippen LogP contribution is -2.29. The highest BCUT2D eigenvalue weighted by Gasteiger charge is 2.16. The summed E-state index contributed by atoms with van der Waals surface area (Å²) in [6, 6.07) is 5.69. The van der Waals surface area contributed by atoms with E-state index in [9.17, 15) is 9.59 Å². The molecule has 1 rings (SSSR count). The molecule has 0 aliphatic rings. The van der Waals surface area contributed by atoms with Crippen molar-refractivity contribution >= 4 is 17.6 Å². The number of carboxylic acid groups (broad SMARTS) is 1. The minimum atomic E-state index is -0.921. The summed E-state index contributed by atoms with van der Waals surface area (Å²) in [4.78, 5) is 22.0. The van der Waals surface area contributed by atoms with Crippen LogP contribution in [0.3, 0.4) is 0 Å². The summed E-state index contributed by atoms with van der Waals surface area (Å²) in [5.41, 5.74) is 6.15. The molecule has 0 heterocycles. The third-order valence-corrected chi connectivity index (χ3v) is 2.65. The van der Waals surface area contributed by atoms with Crippen molar-refractivity contribution in [2.24, 2.45) is 5.73 Å². The molecule has 104 valence electrons. The lowest BCUT2D eigenvalue weighted by Gasteiger charge is -2.15.